The minimum atomic E-state index is -0.445. The molecule has 1 aliphatic carbocycles. The Morgan fingerprint density at radius 3 is 2.97 bits per heavy atom. The van der Waals surface area contributed by atoms with Crippen molar-refractivity contribution in [1.82, 2.24) is 4.90 Å². The Hall–Kier alpha value is -2.67. The number of likely N-dealkylation sites (tertiary alicyclic amines) is 1. The number of aliphatic hydroxyl groups excluding tert-OH is 1. The number of nitrogens with zero attached hydrogens (tertiary/aromatic N) is 2. The first-order valence-corrected chi connectivity index (χ1v) is 11.4. The number of thiophene rings is 2. The van der Waals surface area contributed by atoms with Crippen molar-refractivity contribution in [2.75, 3.05) is 25.0 Å². The highest BCUT2D eigenvalue weighted by Crippen LogP contribution is 2.39. The molecule has 4 rings (SSSR count). The van der Waals surface area contributed by atoms with E-state index in [4.69, 9.17) is 4.74 Å². The van der Waals surface area contributed by atoms with E-state index in [2.05, 4.69) is 11.4 Å². The number of carbonyl (C=O) groups excluding carboxylic acids is 2. The number of nitrogens with one attached hydrogen (secondary N) is 1. The number of nitriles is 1. The molecule has 0 spiro atoms. The normalized spacial score (nSPS) is 18.5. The molecule has 1 unspecified atom stereocenters. The summed E-state index contributed by atoms with van der Waals surface area (Å²) in [5.74, 6) is -0.0848. The summed E-state index contributed by atoms with van der Waals surface area (Å²) in [7, 11) is 0. The Morgan fingerprint density at radius 1 is 1.43 bits per heavy atom. The number of hydrogen-bond acceptors (Lipinski definition) is 7. The molecule has 2 amide bonds. The van der Waals surface area contributed by atoms with Gasteiger partial charge in [-0.25, -0.2) is 4.79 Å². The van der Waals surface area contributed by atoms with Crippen molar-refractivity contribution < 1.29 is 19.4 Å². The van der Waals surface area contributed by atoms with E-state index in [1.54, 1.807) is 17.4 Å². The maximum Gasteiger partial charge on any atom is 0.409 e. The van der Waals surface area contributed by atoms with Gasteiger partial charge in [-0.2, -0.15) is 16.6 Å². The first-order valence-electron chi connectivity index (χ1n) is 9.69. The summed E-state index contributed by atoms with van der Waals surface area (Å²) in [6.45, 7) is 0.970. The SMILES string of the molecule is N#Cc1c(NC(=O)C=Cc2ccsc2)sc2c1CCC(COC(=O)N1CC(O)C1)C2. The van der Waals surface area contributed by atoms with Crippen molar-refractivity contribution in [1.29, 1.82) is 5.26 Å². The standard InChI is InChI=1S/C21H21N3O4S2/c22-8-17-16-3-1-14(11-28-21(27)24-9-15(25)10-24)7-18(16)30-20(17)23-19(26)4-2-13-5-6-29-12-13/h2,4-6,12,14-15,25H,1,3,7,9-11H2,(H,23,26). The average molecular weight is 444 g/mol. The zero-order valence-corrected chi connectivity index (χ0v) is 17.8. The molecule has 3 heterocycles. The van der Waals surface area contributed by atoms with Crippen molar-refractivity contribution in [2.24, 2.45) is 5.92 Å². The molecule has 1 fully saturated rings. The van der Waals surface area contributed by atoms with Gasteiger partial charge in [0.05, 0.1) is 31.4 Å². The Bertz CT molecular complexity index is 1000. The van der Waals surface area contributed by atoms with E-state index in [0.717, 1.165) is 28.8 Å². The van der Waals surface area contributed by atoms with E-state index in [9.17, 15) is 20.0 Å². The van der Waals surface area contributed by atoms with Crippen LogP contribution in [-0.2, 0) is 22.4 Å². The van der Waals surface area contributed by atoms with Crippen molar-refractivity contribution in [3.8, 4) is 6.07 Å². The first-order chi connectivity index (χ1) is 14.5. The van der Waals surface area contributed by atoms with Crippen LogP contribution >= 0.6 is 22.7 Å². The molecule has 0 radical (unpaired) electrons. The fourth-order valence-corrected chi connectivity index (χ4v) is 5.53. The first kappa shape index (κ1) is 20.6. The van der Waals surface area contributed by atoms with Crippen molar-refractivity contribution in [2.45, 2.75) is 25.4 Å². The smallest absolute Gasteiger partial charge is 0.409 e. The lowest BCUT2D eigenvalue weighted by atomic mass is 9.88. The van der Waals surface area contributed by atoms with Crippen LogP contribution in [0.1, 0.15) is 28.0 Å². The number of hydrogen-bond donors (Lipinski definition) is 2. The molecule has 2 aromatic rings. The van der Waals surface area contributed by atoms with E-state index in [1.807, 2.05) is 16.8 Å². The zero-order chi connectivity index (χ0) is 21.1. The second-order valence-electron chi connectivity index (χ2n) is 7.44. The summed E-state index contributed by atoms with van der Waals surface area (Å²) in [6, 6.07) is 4.16. The maximum atomic E-state index is 12.3. The third kappa shape index (κ3) is 4.56. The molecule has 7 nitrogen and oxygen atoms in total. The summed E-state index contributed by atoms with van der Waals surface area (Å²) in [5, 5.41) is 26.2. The Balaban J connectivity index is 1.36. The molecule has 2 aromatic heterocycles. The van der Waals surface area contributed by atoms with Crippen LogP contribution in [0.4, 0.5) is 9.80 Å². The Labute approximate surface area is 182 Å². The summed E-state index contributed by atoms with van der Waals surface area (Å²) < 4.78 is 5.38. The molecular weight excluding hydrogens is 422 g/mol. The zero-order valence-electron chi connectivity index (χ0n) is 16.2. The molecule has 30 heavy (non-hydrogen) atoms. The number of rotatable bonds is 5. The van der Waals surface area contributed by atoms with Gasteiger partial charge < -0.3 is 20.1 Å². The van der Waals surface area contributed by atoms with Crippen LogP contribution in [0, 0.1) is 17.2 Å². The predicted molar refractivity (Wildman–Crippen MR) is 115 cm³/mol. The van der Waals surface area contributed by atoms with Crippen LogP contribution in [0.3, 0.4) is 0 Å². The van der Waals surface area contributed by atoms with Gasteiger partial charge in [0.1, 0.15) is 11.1 Å². The van der Waals surface area contributed by atoms with Crippen LogP contribution in [-0.4, -0.2) is 47.8 Å². The molecule has 0 aromatic carbocycles. The maximum absolute atomic E-state index is 12.3. The van der Waals surface area contributed by atoms with Gasteiger partial charge in [0.15, 0.2) is 0 Å². The number of fused-ring (bicyclic) bond motifs is 1. The minimum absolute atomic E-state index is 0.180. The van der Waals surface area contributed by atoms with Crippen molar-refractivity contribution >= 4 is 45.8 Å². The number of anilines is 1. The van der Waals surface area contributed by atoms with E-state index < -0.39 is 6.10 Å². The molecular formula is C21H21N3O4S2. The van der Waals surface area contributed by atoms with Gasteiger partial charge in [-0.15, -0.1) is 11.3 Å². The summed E-state index contributed by atoms with van der Waals surface area (Å²) >= 11 is 2.99. The van der Waals surface area contributed by atoms with Gasteiger partial charge in [-0.05, 0) is 59.2 Å². The molecule has 9 heteroatoms. The van der Waals surface area contributed by atoms with E-state index in [1.165, 1.54) is 22.3 Å². The van der Waals surface area contributed by atoms with E-state index >= 15 is 0 Å². The van der Waals surface area contributed by atoms with Crippen molar-refractivity contribution in [3.63, 3.8) is 0 Å². The molecule has 1 aliphatic heterocycles. The number of amides is 2. The van der Waals surface area contributed by atoms with Crippen molar-refractivity contribution in [3.05, 3.63) is 44.5 Å². The lowest BCUT2D eigenvalue weighted by Gasteiger charge is -2.35. The number of ether oxygens (including phenoxy) is 1. The fraction of sp³-hybridized carbons (Fsp3) is 0.381. The molecule has 0 bridgehead atoms. The van der Waals surface area contributed by atoms with Gasteiger partial charge in [-0.3, -0.25) is 4.79 Å². The van der Waals surface area contributed by atoms with Gasteiger partial charge in [0.25, 0.3) is 0 Å². The van der Waals surface area contributed by atoms with Gasteiger partial charge in [-0.1, -0.05) is 0 Å². The average Bonchev–Trinajstić information content (AvgIpc) is 3.34. The topological polar surface area (TPSA) is 103 Å². The summed E-state index contributed by atoms with van der Waals surface area (Å²) in [6.07, 6.45) is 4.63. The Kier molecular flexibility index (Phi) is 6.18. The fourth-order valence-electron chi connectivity index (χ4n) is 3.58. The third-order valence-electron chi connectivity index (χ3n) is 5.25. The number of carbonyl (C=O) groups is 2. The molecule has 2 N–H and O–H groups in total. The summed E-state index contributed by atoms with van der Waals surface area (Å²) in [5.41, 5.74) is 2.50. The lowest BCUT2D eigenvalue weighted by molar-refractivity contribution is -0.111. The molecule has 0 saturated carbocycles. The highest BCUT2D eigenvalue weighted by Gasteiger charge is 2.31. The largest absolute Gasteiger partial charge is 0.449 e. The van der Waals surface area contributed by atoms with Gasteiger partial charge >= 0.3 is 6.09 Å². The quantitative estimate of drug-likeness (QED) is 0.691. The van der Waals surface area contributed by atoms with Gasteiger partial charge in [0.2, 0.25) is 5.91 Å². The number of β-amino-alcohol motifs (C(OH)–C–C–N with tert-alkyl or cyclic N) is 1. The second-order valence-corrected chi connectivity index (χ2v) is 9.33. The van der Waals surface area contributed by atoms with Crippen LogP contribution in [0.2, 0.25) is 0 Å². The van der Waals surface area contributed by atoms with Crippen LogP contribution in [0.15, 0.2) is 22.9 Å². The monoisotopic (exact) mass is 443 g/mol. The molecule has 156 valence electrons. The summed E-state index contributed by atoms with van der Waals surface area (Å²) in [4.78, 5) is 26.8. The second kappa shape index (κ2) is 9.00. The van der Waals surface area contributed by atoms with Gasteiger partial charge in [0, 0.05) is 11.0 Å². The van der Waals surface area contributed by atoms with E-state index in [-0.39, 0.29) is 17.9 Å². The molecule has 2 aliphatic rings. The predicted octanol–water partition coefficient (Wildman–Crippen LogP) is 3.25. The van der Waals surface area contributed by atoms with Crippen LogP contribution in [0.5, 0.6) is 0 Å². The van der Waals surface area contributed by atoms with Crippen LogP contribution < -0.4 is 5.32 Å². The molecule has 1 saturated heterocycles. The third-order valence-corrected chi connectivity index (χ3v) is 7.12. The minimum Gasteiger partial charge on any atom is -0.449 e. The lowest BCUT2D eigenvalue weighted by Crippen LogP contribution is -2.53. The van der Waals surface area contributed by atoms with Crippen LogP contribution in [0.25, 0.3) is 6.08 Å². The number of aliphatic hydroxyl groups is 1. The Morgan fingerprint density at radius 2 is 2.27 bits per heavy atom. The van der Waals surface area contributed by atoms with E-state index in [0.29, 0.717) is 36.7 Å². The molecule has 1 atom stereocenters. The highest BCUT2D eigenvalue weighted by molar-refractivity contribution is 7.16. The highest BCUT2D eigenvalue weighted by atomic mass is 32.1.